The van der Waals surface area contributed by atoms with Gasteiger partial charge >= 0.3 is 12.0 Å². The third-order valence-corrected chi connectivity index (χ3v) is 3.54. The number of carboxylic acids is 1. The summed E-state index contributed by atoms with van der Waals surface area (Å²) in [6, 6.07) is -1.51. The highest BCUT2D eigenvalue weighted by Gasteiger charge is 2.32. The monoisotopic (exact) mass is 296 g/mol. The Morgan fingerprint density at radius 1 is 1.62 bits per heavy atom. The Balaban J connectivity index is 1.96. The number of urea groups is 1. The number of nitrogens with zero attached hydrogens (tertiary/aromatic N) is 2. The van der Waals surface area contributed by atoms with Crippen molar-refractivity contribution in [2.24, 2.45) is 0 Å². The first-order chi connectivity index (χ1) is 9.87. The van der Waals surface area contributed by atoms with Crippen molar-refractivity contribution in [3.8, 4) is 0 Å². The highest BCUT2D eigenvalue weighted by molar-refractivity contribution is 5.82. The van der Waals surface area contributed by atoms with E-state index in [4.69, 9.17) is 0 Å². The largest absolute Gasteiger partial charge is 0.480 e. The van der Waals surface area contributed by atoms with E-state index in [1.54, 1.807) is 6.92 Å². The number of rotatable bonds is 4. The van der Waals surface area contributed by atoms with E-state index < -0.39 is 23.6 Å². The number of nitrogens with one attached hydrogen (secondary N) is 2. The molecular formula is C13H20N4O4. The molecule has 116 valence electrons. The number of β-amino-alcohol motifs (C(OH)–C–C–N with tert-alkyl or cyclic N) is 1. The Labute approximate surface area is 122 Å². The number of aliphatic carboxylic acids is 1. The molecule has 8 heteroatoms. The van der Waals surface area contributed by atoms with E-state index in [0.29, 0.717) is 25.1 Å². The Kier molecular flexibility index (Phi) is 4.46. The summed E-state index contributed by atoms with van der Waals surface area (Å²) in [5, 5.41) is 21.7. The zero-order valence-electron chi connectivity index (χ0n) is 11.9. The first-order valence-electron chi connectivity index (χ1n) is 6.85. The minimum absolute atomic E-state index is 0.130. The van der Waals surface area contributed by atoms with E-state index in [-0.39, 0.29) is 13.0 Å². The zero-order chi connectivity index (χ0) is 15.5. The highest BCUT2D eigenvalue weighted by atomic mass is 16.4. The van der Waals surface area contributed by atoms with Crippen molar-refractivity contribution < 1.29 is 19.8 Å². The second-order valence-corrected chi connectivity index (χ2v) is 5.64. The maximum Gasteiger partial charge on any atom is 0.326 e. The van der Waals surface area contributed by atoms with Crippen LogP contribution in [0.2, 0.25) is 0 Å². The van der Waals surface area contributed by atoms with Crippen molar-refractivity contribution in [2.75, 3.05) is 13.1 Å². The van der Waals surface area contributed by atoms with Crippen LogP contribution < -0.4 is 5.32 Å². The van der Waals surface area contributed by atoms with Crippen LogP contribution in [-0.4, -0.2) is 61.8 Å². The molecule has 1 fully saturated rings. The summed E-state index contributed by atoms with van der Waals surface area (Å²) in [6.45, 7) is 2.39. The number of carbonyl (C=O) groups is 2. The first-order valence-corrected chi connectivity index (χ1v) is 6.85. The lowest BCUT2D eigenvalue weighted by atomic mass is 9.95. The van der Waals surface area contributed by atoms with Crippen LogP contribution >= 0.6 is 0 Å². The van der Waals surface area contributed by atoms with Crippen LogP contribution in [0.25, 0.3) is 0 Å². The van der Waals surface area contributed by atoms with E-state index in [9.17, 15) is 19.8 Å². The molecule has 0 aromatic carbocycles. The Hall–Kier alpha value is -2.09. The van der Waals surface area contributed by atoms with E-state index in [2.05, 4.69) is 15.3 Å². The quantitative estimate of drug-likeness (QED) is 0.622. The molecule has 0 bridgehead atoms. The SMILES string of the molecule is CC1(O)CCCN(C(=O)N[C@H](Cc2cnc[nH]2)C(=O)O)C1. The lowest BCUT2D eigenvalue weighted by Gasteiger charge is -2.37. The van der Waals surface area contributed by atoms with Crippen molar-refractivity contribution in [1.29, 1.82) is 0 Å². The number of H-pyrrole nitrogens is 1. The number of carboxylic acid groups (broad SMARTS) is 1. The normalized spacial score (nSPS) is 23.6. The van der Waals surface area contributed by atoms with Gasteiger partial charge in [0.25, 0.3) is 0 Å². The van der Waals surface area contributed by atoms with Crippen molar-refractivity contribution in [2.45, 2.75) is 37.8 Å². The fraction of sp³-hybridized carbons (Fsp3) is 0.615. The van der Waals surface area contributed by atoms with Crippen molar-refractivity contribution >= 4 is 12.0 Å². The summed E-state index contributed by atoms with van der Waals surface area (Å²) in [5.74, 6) is -1.11. The van der Waals surface area contributed by atoms with E-state index in [1.807, 2.05) is 0 Å². The van der Waals surface area contributed by atoms with Gasteiger partial charge in [-0.05, 0) is 19.8 Å². The van der Waals surface area contributed by atoms with Crippen molar-refractivity contribution in [1.82, 2.24) is 20.2 Å². The Morgan fingerprint density at radius 3 is 2.95 bits per heavy atom. The molecule has 1 aliphatic heterocycles. The average molecular weight is 296 g/mol. The van der Waals surface area contributed by atoms with Crippen LogP contribution in [0.1, 0.15) is 25.5 Å². The second kappa shape index (κ2) is 6.13. The van der Waals surface area contributed by atoms with E-state index in [0.717, 1.165) is 0 Å². The number of amides is 2. The molecule has 2 rings (SSSR count). The molecule has 0 saturated carbocycles. The summed E-state index contributed by atoms with van der Waals surface area (Å²) in [6.07, 6.45) is 4.43. The van der Waals surface area contributed by atoms with Crippen LogP contribution in [-0.2, 0) is 11.2 Å². The Bertz CT molecular complexity index is 500. The van der Waals surface area contributed by atoms with Gasteiger partial charge in [0.2, 0.25) is 0 Å². The molecule has 0 aliphatic carbocycles. The van der Waals surface area contributed by atoms with E-state index >= 15 is 0 Å². The number of hydrogen-bond donors (Lipinski definition) is 4. The number of hydrogen-bond acceptors (Lipinski definition) is 4. The van der Waals surface area contributed by atoms with Crippen molar-refractivity contribution in [3.63, 3.8) is 0 Å². The molecule has 8 nitrogen and oxygen atoms in total. The predicted octanol–water partition coefficient (Wildman–Crippen LogP) is -0.0382. The van der Waals surface area contributed by atoms with Gasteiger partial charge in [0.05, 0.1) is 18.5 Å². The summed E-state index contributed by atoms with van der Waals surface area (Å²) < 4.78 is 0. The third-order valence-electron chi connectivity index (χ3n) is 3.54. The van der Waals surface area contributed by atoms with Gasteiger partial charge in [-0.2, -0.15) is 0 Å². The maximum absolute atomic E-state index is 12.1. The minimum Gasteiger partial charge on any atom is -0.480 e. The molecule has 1 saturated heterocycles. The summed E-state index contributed by atoms with van der Waals surface area (Å²) >= 11 is 0. The molecule has 4 N–H and O–H groups in total. The van der Waals surface area contributed by atoms with Gasteiger partial charge in [0.1, 0.15) is 6.04 Å². The van der Waals surface area contributed by atoms with Gasteiger partial charge in [-0.1, -0.05) is 0 Å². The standard InChI is InChI=1S/C13H20N4O4/c1-13(21)3-2-4-17(7-13)12(20)16-10(11(18)19)5-9-6-14-8-15-9/h6,8,10,21H,2-5,7H2,1H3,(H,14,15)(H,16,20)(H,18,19)/t10-,13?/m1/s1. The number of likely N-dealkylation sites (tertiary alicyclic amines) is 1. The van der Waals surface area contributed by atoms with Crippen LogP contribution in [0.15, 0.2) is 12.5 Å². The topological polar surface area (TPSA) is 119 Å². The number of aromatic amines is 1. The van der Waals surface area contributed by atoms with Gasteiger partial charge < -0.3 is 25.4 Å². The summed E-state index contributed by atoms with van der Waals surface area (Å²) in [4.78, 5) is 31.5. The van der Waals surface area contributed by atoms with Crippen LogP contribution in [0.5, 0.6) is 0 Å². The first kappa shape index (κ1) is 15.3. The van der Waals surface area contributed by atoms with Gasteiger partial charge in [0, 0.05) is 24.9 Å². The average Bonchev–Trinajstić information content (AvgIpc) is 2.89. The van der Waals surface area contributed by atoms with Gasteiger partial charge in [-0.3, -0.25) is 0 Å². The number of imidazole rings is 1. The van der Waals surface area contributed by atoms with Crippen molar-refractivity contribution in [3.05, 3.63) is 18.2 Å². The smallest absolute Gasteiger partial charge is 0.326 e. The molecule has 21 heavy (non-hydrogen) atoms. The second-order valence-electron chi connectivity index (χ2n) is 5.64. The van der Waals surface area contributed by atoms with E-state index in [1.165, 1.54) is 17.4 Å². The maximum atomic E-state index is 12.1. The fourth-order valence-electron chi connectivity index (χ4n) is 2.45. The lowest BCUT2D eigenvalue weighted by molar-refractivity contribution is -0.139. The molecule has 1 aromatic rings. The molecule has 1 aromatic heterocycles. The number of aliphatic hydroxyl groups is 1. The van der Waals surface area contributed by atoms with Crippen LogP contribution in [0.4, 0.5) is 4.79 Å². The Morgan fingerprint density at radius 2 is 2.38 bits per heavy atom. The number of piperidine rings is 1. The summed E-state index contributed by atoms with van der Waals surface area (Å²) in [5.41, 5.74) is -0.286. The molecule has 2 heterocycles. The minimum atomic E-state index is -1.11. The lowest BCUT2D eigenvalue weighted by Crippen LogP contribution is -2.55. The summed E-state index contributed by atoms with van der Waals surface area (Å²) in [7, 11) is 0. The number of aromatic nitrogens is 2. The fourth-order valence-corrected chi connectivity index (χ4v) is 2.45. The van der Waals surface area contributed by atoms with Gasteiger partial charge in [0.15, 0.2) is 0 Å². The van der Waals surface area contributed by atoms with Crippen LogP contribution in [0.3, 0.4) is 0 Å². The molecule has 2 amide bonds. The molecule has 2 atom stereocenters. The van der Waals surface area contributed by atoms with Gasteiger partial charge in [-0.15, -0.1) is 0 Å². The zero-order valence-corrected chi connectivity index (χ0v) is 11.9. The number of carbonyl (C=O) groups excluding carboxylic acids is 1. The molecular weight excluding hydrogens is 276 g/mol. The highest BCUT2D eigenvalue weighted by Crippen LogP contribution is 2.20. The molecule has 0 spiro atoms. The molecule has 1 aliphatic rings. The third kappa shape index (κ3) is 4.19. The molecule has 1 unspecified atom stereocenters. The molecule has 0 radical (unpaired) electrons. The predicted molar refractivity (Wildman–Crippen MR) is 73.7 cm³/mol. The van der Waals surface area contributed by atoms with Crippen LogP contribution in [0, 0.1) is 0 Å². The van der Waals surface area contributed by atoms with Gasteiger partial charge in [-0.25, -0.2) is 14.6 Å².